The molecule has 20 heavy (non-hydrogen) atoms. The highest BCUT2D eigenvalue weighted by atomic mass is 79.9. The molecule has 0 aliphatic rings. The van der Waals surface area contributed by atoms with Crippen molar-refractivity contribution in [2.45, 2.75) is 0 Å². The van der Waals surface area contributed by atoms with Gasteiger partial charge in [0.1, 0.15) is 5.75 Å². The number of phenolic OH excluding ortho intramolecular Hbond substituents is 1. The van der Waals surface area contributed by atoms with Gasteiger partial charge in [0.05, 0.1) is 0 Å². The first-order valence-electron chi connectivity index (χ1n) is 5.93. The van der Waals surface area contributed by atoms with Gasteiger partial charge in [-0.15, -0.1) is 0 Å². The molecule has 2 amide bonds. The average molecular weight is 333 g/mol. The maximum absolute atomic E-state index is 11.6. The largest absolute Gasteiger partial charge is 0.508 e. The molecule has 0 aliphatic carbocycles. The van der Waals surface area contributed by atoms with E-state index >= 15 is 0 Å². The molecule has 2 aromatic rings. The summed E-state index contributed by atoms with van der Waals surface area (Å²) in [6.45, 7) is 0. The summed E-state index contributed by atoms with van der Waals surface area (Å²) in [5.74, 6) is 0.157. The van der Waals surface area contributed by atoms with E-state index in [0.29, 0.717) is 5.69 Å². The van der Waals surface area contributed by atoms with Gasteiger partial charge in [0, 0.05) is 16.4 Å². The Kier molecular flexibility index (Phi) is 4.79. The third kappa shape index (κ3) is 4.13. The van der Waals surface area contributed by atoms with Crippen molar-refractivity contribution in [3.05, 3.63) is 64.8 Å². The van der Waals surface area contributed by atoms with Crippen LogP contribution in [-0.2, 0) is 0 Å². The Balaban J connectivity index is 1.89. The summed E-state index contributed by atoms with van der Waals surface area (Å²) in [6.07, 6.45) is 3.36. The Hall–Kier alpha value is -2.27. The van der Waals surface area contributed by atoms with Gasteiger partial charge in [-0.05, 0) is 42.0 Å². The lowest BCUT2D eigenvalue weighted by atomic mass is 10.2. The molecular weight excluding hydrogens is 320 g/mol. The summed E-state index contributed by atoms with van der Waals surface area (Å²) in [7, 11) is 0. The fourth-order valence-electron chi connectivity index (χ4n) is 1.53. The van der Waals surface area contributed by atoms with Gasteiger partial charge in [0.2, 0.25) is 0 Å². The molecule has 0 atom stereocenters. The van der Waals surface area contributed by atoms with E-state index in [4.69, 9.17) is 5.11 Å². The Morgan fingerprint density at radius 3 is 2.50 bits per heavy atom. The predicted molar refractivity (Wildman–Crippen MR) is 83.4 cm³/mol. The second kappa shape index (κ2) is 6.77. The van der Waals surface area contributed by atoms with E-state index in [1.807, 2.05) is 24.3 Å². The van der Waals surface area contributed by atoms with Crippen molar-refractivity contribution in [1.29, 1.82) is 0 Å². The first-order chi connectivity index (χ1) is 9.65. The van der Waals surface area contributed by atoms with E-state index in [1.165, 1.54) is 12.1 Å². The van der Waals surface area contributed by atoms with Crippen molar-refractivity contribution in [2.24, 2.45) is 0 Å². The van der Waals surface area contributed by atoms with Gasteiger partial charge in [-0.3, -0.25) is 0 Å². The lowest BCUT2D eigenvalue weighted by Gasteiger charge is -2.04. The van der Waals surface area contributed by atoms with Crippen LogP contribution in [0.25, 0.3) is 6.08 Å². The van der Waals surface area contributed by atoms with Gasteiger partial charge >= 0.3 is 6.03 Å². The number of halogens is 1. The van der Waals surface area contributed by atoms with E-state index < -0.39 is 0 Å². The molecule has 0 fully saturated rings. The van der Waals surface area contributed by atoms with Gasteiger partial charge in [-0.25, -0.2) is 4.79 Å². The summed E-state index contributed by atoms with van der Waals surface area (Å²) in [4.78, 5) is 11.6. The Labute approximate surface area is 125 Å². The number of aromatic hydroxyl groups is 1. The molecular formula is C15H13BrN2O2. The zero-order valence-electron chi connectivity index (χ0n) is 10.5. The highest BCUT2D eigenvalue weighted by Gasteiger charge is 1.99. The van der Waals surface area contributed by atoms with E-state index in [2.05, 4.69) is 26.6 Å². The van der Waals surface area contributed by atoms with Gasteiger partial charge < -0.3 is 15.7 Å². The second-order valence-corrected chi connectivity index (χ2v) is 4.85. The molecule has 2 rings (SSSR count). The number of anilines is 1. The fourth-order valence-corrected chi connectivity index (χ4v) is 1.95. The van der Waals surface area contributed by atoms with Crippen LogP contribution in [0.4, 0.5) is 10.5 Å². The molecule has 0 saturated carbocycles. The maximum atomic E-state index is 11.6. The first-order valence-corrected chi connectivity index (χ1v) is 6.72. The molecule has 4 nitrogen and oxygen atoms in total. The summed E-state index contributed by atoms with van der Waals surface area (Å²) < 4.78 is 0.956. The number of nitrogens with one attached hydrogen (secondary N) is 2. The van der Waals surface area contributed by atoms with Gasteiger partial charge in [-0.1, -0.05) is 34.1 Å². The molecule has 0 saturated heterocycles. The number of carbonyl (C=O) groups is 1. The molecule has 0 radical (unpaired) electrons. The number of urea groups is 1. The van der Waals surface area contributed by atoms with E-state index in [0.717, 1.165) is 10.0 Å². The minimum absolute atomic E-state index is 0.157. The highest BCUT2D eigenvalue weighted by molar-refractivity contribution is 9.10. The van der Waals surface area contributed by atoms with Crippen LogP contribution in [0.5, 0.6) is 5.75 Å². The molecule has 0 bridgehead atoms. The standard InChI is InChI=1S/C15H13BrN2O2/c16-14-4-2-1-3-11(14)9-10-17-15(20)18-12-5-7-13(19)8-6-12/h1-10,19H,(H2,17,18,20)/b10-9+. The van der Waals surface area contributed by atoms with Crippen LogP contribution in [0, 0.1) is 0 Å². The molecule has 2 aromatic carbocycles. The SMILES string of the molecule is O=C(N/C=C/c1ccccc1Br)Nc1ccc(O)cc1. The molecule has 0 unspecified atom stereocenters. The Morgan fingerprint density at radius 1 is 1.10 bits per heavy atom. The van der Waals surface area contributed by atoms with Crippen LogP contribution in [0.15, 0.2) is 59.2 Å². The summed E-state index contributed by atoms with van der Waals surface area (Å²) in [5.41, 5.74) is 1.58. The van der Waals surface area contributed by atoms with Crippen molar-refractivity contribution < 1.29 is 9.90 Å². The number of carbonyl (C=O) groups excluding carboxylic acids is 1. The Bertz CT molecular complexity index is 624. The monoisotopic (exact) mass is 332 g/mol. The van der Waals surface area contributed by atoms with Crippen molar-refractivity contribution in [1.82, 2.24) is 5.32 Å². The van der Waals surface area contributed by atoms with Crippen LogP contribution in [0.1, 0.15) is 5.56 Å². The van der Waals surface area contributed by atoms with Crippen LogP contribution in [0.3, 0.4) is 0 Å². The van der Waals surface area contributed by atoms with Crippen molar-refractivity contribution in [3.8, 4) is 5.75 Å². The van der Waals surface area contributed by atoms with Gasteiger partial charge in [0.25, 0.3) is 0 Å². The second-order valence-electron chi connectivity index (χ2n) is 4.00. The van der Waals surface area contributed by atoms with E-state index in [9.17, 15) is 4.79 Å². The van der Waals surface area contributed by atoms with Gasteiger partial charge in [0.15, 0.2) is 0 Å². The molecule has 0 aliphatic heterocycles. The molecule has 0 aromatic heterocycles. The maximum Gasteiger partial charge on any atom is 0.323 e. The quantitative estimate of drug-likeness (QED) is 0.745. The highest BCUT2D eigenvalue weighted by Crippen LogP contribution is 2.17. The fraction of sp³-hybridized carbons (Fsp3) is 0. The number of amides is 2. The number of rotatable bonds is 3. The van der Waals surface area contributed by atoms with Crippen LogP contribution < -0.4 is 10.6 Å². The van der Waals surface area contributed by atoms with Crippen molar-refractivity contribution in [3.63, 3.8) is 0 Å². The zero-order valence-corrected chi connectivity index (χ0v) is 12.1. The third-order valence-electron chi connectivity index (χ3n) is 2.51. The normalized spacial score (nSPS) is 10.4. The molecule has 102 valence electrons. The minimum Gasteiger partial charge on any atom is -0.508 e. The smallest absolute Gasteiger partial charge is 0.323 e. The average Bonchev–Trinajstić information content (AvgIpc) is 2.43. The first kappa shape index (κ1) is 14.1. The molecule has 5 heteroatoms. The molecule has 0 heterocycles. The number of benzene rings is 2. The van der Waals surface area contributed by atoms with E-state index in [-0.39, 0.29) is 11.8 Å². The number of hydrogen-bond acceptors (Lipinski definition) is 2. The molecule has 0 spiro atoms. The van der Waals surface area contributed by atoms with Crippen molar-refractivity contribution >= 4 is 33.7 Å². The lowest BCUT2D eigenvalue weighted by Crippen LogP contribution is -2.23. The summed E-state index contributed by atoms with van der Waals surface area (Å²) >= 11 is 3.42. The predicted octanol–water partition coefficient (Wildman–Crippen LogP) is 3.95. The Morgan fingerprint density at radius 2 is 1.80 bits per heavy atom. The van der Waals surface area contributed by atoms with Gasteiger partial charge in [-0.2, -0.15) is 0 Å². The third-order valence-corrected chi connectivity index (χ3v) is 3.23. The van der Waals surface area contributed by atoms with E-state index in [1.54, 1.807) is 24.4 Å². The minimum atomic E-state index is -0.348. The topological polar surface area (TPSA) is 61.4 Å². The molecule has 3 N–H and O–H groups in total. The van der Waals surface area contributed by atoms with Crippen LogP contribution in [0.2, 0.25) is 0 Å². The summed E-state index contributed by atoms with van der Waals surface area (Å²) in [6, 6.07) is 13.6. The zero-order chi connectivity index (χ0) is 14.4. The number of phenols is 1. The van der Waals surface area contributed by atoms with Crippen molar-refractivity contribution in [2.75, 3.05) is 5.32 Å². The lowest BCUT2D eigenvalue weighted by molar-refractivity contribution is 0.255. The summed E-state index contributed by atoms with van der Waals surface area (Å²) in [5, 5.41) is 14.4. The number of hydrogen-bond donors (Lipinski definition) is 3. The van der Waals surface area contributed by atoms with Crippen LogP contribution in [-0.4, -0.2) is 11.1 Å². The van der Waals surface area contributed by atoms with Crippen LogP contribution >= 0.6 is 15.9 Å².